The average molecular weight is 168 g/mol. The van der Waals surface area contributed by atoms with Gasteiger partial charge in [-0.2, -0.15) is 0 Å². The lowest BCUT2D eigenvalue weighted by molar-refractivity contribution is -0.140. The summed E-state index contributed by atoms with van der Waals surface area (Å²) in [5.41, 5.74) is -0.600. The molecule has 0 bridgehead atoms. The van der Waals surface area contributed by atoms with Crippen molar-refractivity contribution in [3.8, 4) is 0 Å². The van der Waals surface area contributed by atoms with Crippen LogP contribution >= 0.6 is 0 Å². The molecule has 1 saturated carbocycles. The van der Waals surface area contributed by atoms with Gasteiger partial charge in [0.25, 0.3) is 5.56 Å². The van der Waals surface area contributed by atoms with Crippen molar-refractivity contribution in [3.05, 3.63) is 22.1 Å². The number of carboxylic acids is 1. The number of rotatable bonds is 2. The Bertz CT molecular complexity index is 372. The molecule has 0 aliphatic heterocycles. The molecule has 64 valence electrons. The minimum absolute atomic E-state index is 0.280. The second kappa shape index (κ2) is 2.00. The number of aromatic nitrogens is 2. The zero-order valence-corrected chi connectivity index (χ0v) is 6.26. The van der Waals surface area contributed by atoms with E-state index in [1.807, 2.05) is 0 Å². The topological polar surface area (TPSA) is 85.9 Å². The first-order valence-electron chi connectivity index (χ1n) is 3.67. The van der Waals surface area contributed by atoms with E-state index in [4.69, 9.17) is 5.11 Å². The Kier molecular flexibility index (Phi) is 1.19. The van der Waals surface area contributed by atoms with Crippen LogP contribution in [0, 0.1) is 0 Å². The van der Waals surface area contributed by atoms with Crippen molar-refractivity contribution in [1.82, 2.24) is 10.2 Å². The Hall–Kier alpha value is -1.52. The molecule has 0 saturated heterocycles. The van der Waals surface area contributed by atoms with Gasteiger partial charge >= 0.3 is 5.97 Å². The zero-order chi connectivity index (χ0) is 8.77. The van der Waals surface area contributed by atoms with E-state index in [0.29, 0.717) is 18.5 Å². The van der Waals surface area contributed by atoms with Gasteiger partial charge in [-0.25, -0.2) is 0 Å². The third kappa shape index (κ3) is 0.792. The van der Waals surface area contributed by atoms with E-state index in [-0.39, 0.29) is 5.56 Å². The summed E-state index contributed by atoms with van der Waals surface area (Å²) in [5.74, 6) is -0.863. The van der Waals surface area contributed by atoms with Crippen molar-refractivity contribution in [1.29, 1.82) is 0 Å². The van der Waals surface area contributed by atoms with Crippen molar-refractivity contribution in [3.63, 3.8) is 0 Å². The number of carbonyl (C=O) groups is 1. The Balaban J connectivity index is 2.43. The zero-order valence-electron chi connectivity index (χ0n) is 6.26. The first-order chi connectivity index (χ1) is 5.65. The highest BCUT2D eigenvalue weighted by Gasteiger charge is 2.53. The summed E-state index contributed by atoms with van der Waals surface area (Å²) < 4.78 is 0. The van der Waals surface area contributed by atoms with Crippen LogP contribution in [0.2, 0.25) is 0 Å². The summed E-state index contributed by atoms with van der Waals surface area (Å²) in [4.78, 5) is 21.5. The predicted octanol–water partition coefficient (Wildman–Crippen LogP) is -0.181. The van der Waals surface area contributed by atoms with Crippen LogP contribution in [-0.4, -0.2) is 21.3 Å². The summed E-state index contributed by atoms with van der Waals surface area (Å²) in [6, 6.07) is 1.31. The maximum Gasteiger partial charge on any atom is 0.315 e. The molecule has 12 heavy (non-hydrogen) atoms. The van der Waals surface area contributed by atoms with Crippen LogP contribution in [0.15, 0.2) is 10.9 Å². The van der Waals surface area contributed by atoms with Crippen molar-refractivity contribution in [2.24, 2.45) is 0 Å². The molecule has 0 aromatic carbocycles. The van der Waals surface area contributed by atoms with Crippen LogP contribution in [-0.2, 0) is 10.2 Å². The molecular formula is C7H8N2O3. The molecule has 1 aliphatic rings. The molecule has 1 aromatic rings. The molecule has 1 heterocycles. The third-order valence-electron chi connectivity index (χ3n) is 2.27. The monoisotopic (exact) mass is 168 g/mol. The molecule has 3 N–H and O–H groups in total. The predicted molar refractivity (Wildman–Crippen MR) is 40.0 cm³/mol. The molecule has 0 spiro atoms. The molecule has 0 radical (unpaired) electrons. The van der Waals surface area contributed by atoms with Gasteiger partial charge in [0.2, 0.25) is 0 Å². The molecule has 0 atom stereocenters. The number of hydrogen-bond donors (Lipinski definition) is 3. The van der Waals surface area contributed by atoms with Crippen molar-refractivity contribution >= 4 is 5.97 Å². The normalized spacial score (nSPS) is 19.0. The maximum absolute atomic E-state index is 10.8. The van der Waals surface area contributed by atoms with Crippen molar-refractivity contribution in [2.45, 2.75) is 18.3 Å². The standard InChI is InChI=1S/C7H8N2O3/c10-5-3-4(8-9-5)7(1-2-7)6(11)12/h3H,1-2H2,(H,11,12)(H2,8,9,10). The largest absolute Gasteiger partial charge is 0.481 e. The Morgan fingerprint density at radius 3 is 2.50 bits per heavy atom. The summed E-state index contributed by atoms with van der Waals surface area (Å²) in [6.45, 7) is 0. The highest BCUT2D eigenvalue weighted by molar-refractivity contribution is 5.84. The Morgan fingerprint density at radius 2 is 2.17 bits per heavy atom. The molecular weight excluding hydrogens is 160 g/mol. The number of nitrogens with one attached hydrogen (secondary N) is 2. The summed E-state index contributed by atoms with van der Waals surface area (Å²) in [5, 5.41) is 13.7. The van der Waals surface area contributed by atoms with E-state index in [1.165, 1.54) is 6.07 Å². The van der Waals surface area contributed by atoms with Gasteiger partial charge in [-0.3, -0.25) is 14.7 Å². The summed E-state index contributed by atoms with van der Waals surface area (Å²) in [7, 11) is 0. The molecule has 1 aromatic heterocycles. The van der Waals surface area contributed by atoms with Crippen LogP contribution in [0.4, 0.5) is 0 Å². The average Bonchev–Trinajstić information content (AvgIpc) is 2.71. The number of aromatic amines is 2. The van der Waals surface area contributed by atoms with E-state index in [2.05, 4.69) is 10.2 Å². The van der Waals surface area contributed by atoms with E-state index in [1.54, 1.807) is 0 Å². The number of carboxylic acid groups (broad SMARTS) is 1. The van der Waals surface area contributed by atoms with Gasteiger partial charge < -0.3 is 10.2 Å². The maximum atomic E-state index is 10.8. The molecule has 1 fully saturated rings. The van der Waals surface area contributed by atoms with Crippen LogP contribution < -0.4 is 5.56 Å². The highest BCUT2D eigenvalue weighted by atomic mass is 16.4. The Labute approximate surface area is 67.4 Å². The van der Waals surface area contributed by atoms with Gasteiger partial charge in [-0.1, -0.05) is 0 Å². The molecule has 0 unspecified atom stereocenters. The lowest BCUT2D eigenvalue weighted by atomic mass is 10.0. The van der Waals surface area contributed by atoms with Crippen LogP contribution in [0.3, 0.4) is 0 Å². The van der Waals surface area contributed by atoms with Gasteiger partial charge in [0.1, 0.15) is 5.41 Å². The third-order valence-corrected chi connectivity index (χ3v) is 2.27. The van der Waals surface area contributed by atoms with Crippen LogP contribution in [0.5, 0.6) is 0 Å². The summed E-state index contributed by atoms with van der Waals surface area (Å²) >= 11 is 0. The molecule has 1 aliphatic carbocycles. The van der Waals surface area contributed by atoms with E-state index >= 15 is 0 Å². The number of hydrogen-bond acceptors (Lipinski definition) is 2. The fourth-order valence-electron chi connectivity index (χ4n) is 1.31. The molecule has 2 rings (SSSR count). The van der Waals surface area contributed by atoms with Gasteiger partial charge in [-0.05, 0) is 12.8 Å². The van der Waals surface area contributed by atoms with Crippen molar-refractivity contribution in [2.75, 3.05) is 0 Å². The van der Waals surface area contributed by atoms with Gasteiger partial charge in [0.05, 0.1) is 5.69 Å². The SMILES string of the molecule is O=C(O)C1(c2cc(=O)[nH][nH]2)CC1. The minimum Gasteiger partial charge on any atom is -0.481 e. The van der Waals surface area contributed by atoms with Gasteiger partial charge in [-0.15, -0.1) is 0 Å². The lowest BCUT2D eigenvalue weighted by Gasteiger charge is -2.04. The number of aliphatic carboxylic acids is 1. The fourth-order valence-corrected chi connectivity index (χ4v) is 1.31. The second-order valence-electron chi connectivity index (χ2n) is 3.06. The fraction of sp³-hybridized carbons (Fsp3) is 0.429. The van der Waals surface area contributed by atoms with E-state index in [9.17, 15) is 9.59 Å². The van der Waals surface area contributed by atoms with Crippen LogP contribution in [0.25, 0.3) is 0 Å². The van der Waals surface area contributed by atoms with Crippen LogP contribution in [0.1, 0.15) is 18.5 Å². The second-order valence-corrected chi connectivity index (χ2v) is 3.06. The molecule has 5 nitrogen and oxygen atoms in total. The van der Waals surface area contributed by atoms with E-state index in [0.717, 1.165) is 0 Å². The molecule has 0 amide bonds. The summed E-state index contributed by atoms with van der Waals surface area (Å²) in [6.07, 6.45) is 1.21. The highest BCUT2D eigenvalue weighted by Crippen LogP contribution is 2.46. The Morgan fingerprint density at radius 1 is 1.50 bits per heavy atom. The van der Waals surface area contributed by atoms with Crippen molar-refractivity contribution < 1.29 is 9.90 Å². The lowest BCUT2D eigenvalue weighted by Crippen LogP contribution is -2.19. The van der Waals surface area contributed by atoms with E-state index < -0.39 is 11.4 Å². The smallest absolute Gasteiger partial charge is 0.315 e. The molecule has 5 heteroatoms. The quantitative estimate of drug-likeness (QED) is 0.572. The number of H-pyrrole nitrogens is 2. The first-order valence-corrected chi connectivity index (χ1v) is 3.67. The van der Waals surface area contributed by atoms with Gasteiger partial charge in [0, 0.05) is 6.07 Å². The minimum atomic E-state index is -0.863. The first kappa shape index (κ1) is 7.15. The van der Waals surface area contributed by atoms with Gasteiger partial charge in [0.15, 0.2) is 0 Å².